The van der Waals surface area contributed by atoms with Crippen LogP contribution < -0.4 is 0 Å². The van der Waals surface area contributed by atoms with Gasteiger partial charge in [0.25, 0.3) is 0 Å². The second kappa shape index (κ2) is 4.07. The minimum Gasteiger partial charge on any atom is -0.441 e. The van der Waals surface area contributed by atoms with Gasteiger partial charge in [0.1, 0.15) is 5.52 Å². The molecule has 0 radical (unpaired) electrons. The molecule has 0 amide bonds. The summed E-state index contributed by atoms with van der Waals surface area (Å²) in [6.45, 7) is 1.85. The van der Waals surface area contributed by atoms with Crippen molar-refractivity contribution in [3.8, 4) is 6.07 Å². The van der Waals surface area contributed by atoms with Crippen molar-refractivity contribution in [1.82, 2.24) is 9.88 Å². The molecule has 1 aliphatic carbocycles. The zero-order chi connectivity index (χ0) is 13.6. The van der Waals surface area contributed by atoms with Gasteiger partial charge in [-0.2, -0.15) is 5.26 Å². The number of fused-ring (bicyclic) bond motifs is 1. The summed E-state index contributed by atoms with van der Waals surface area (Å²) in [5, 5.41) is 9.44. The highest BCUT2D eigenvalue weighted by Gasteiger charge is 2.51. The Morgan fingerprint density at radius 2 is 2.16 bits per heavy atom. The first-order valence-electron chi connectivity index (χ1n) is 6.50. The van der Waals surface area contributed by atoms with Crippen LogP contribution in [0.5, 0.6) is 0 Å². The van der Waals surface area contributed by atoms with Crippen molar-refractivity contribution in [2.45, 2.75) is 25.8 Å². The van der Waals surface area contributed by atoms with Gasteiger partial charge in [0.15, 0.2) is 11.5 Å². The van der Waals surface area contributed by atoms with Gasteiger partial charge in [-0.25, -0.2) is 4.98 Å². The van der Waals surface area contributed by atoms with Crippen molar-refractivity contribution in [2.24, 2.45) is 5.41 Å². The molecule has 0 bridgehead atoms. The van der Waals surface area contributed by atoms with E-state index in [2.05, 4.69) is 22.0 Å². The molecule has 1 aliphatic rings. The van der Waals surface area contributed by atoms with E-state index in [-0.39, 0.29) is 11.5 Å². The summed E-state index contributed by atoms with van der Waals surface area (Å²) < 4.78 is 5.59. The quantitative estimate of drug-likeness (QED) is 0.845. The van der Waals surface area contributed by atoms with E-state index in [0.717, 1.165) is 29.5 Å². The van der Waals surface area contributed by atoms with Crippen LogP contribution in [0.25, 0.3) is 11.1 Å². The Hall–Kier alpha value is -1.86. The maximum atomic E-state index is 9.44. The van der Waals surface area contributed by atoms with E-state index in [4.69, 9.17) is 4.42 Å². The Balaban J connectivity index is 2.08. The van der Waals surface area contributed by atoms with Gasteiger partial charge in [-0.3, -0.25) is 0 Å². The molecule has 4 nitrogen and oxygen atoms in total. The Bertz CT molecular complexity index is 662. The number of benzene rings is 1. The first-order valence-corrected chi connectivity index (χ1v) is 6.50. The number of hydrogen-bond acceptors (Lipinski definition) is 4. The number of aromatic nitrogens is 1. The molecule has 3 rings (SSSR count). The fourth-order valence-corrected chi connectivity index (χ4v) is 2.92. The number of nitriles is 1. The van der Waals surface area contributed by atoms with Crippen LogP contribution in [0.3, 0.4) is 0 Å². The van der Waals surface area contributed by atoms with Gasteiger partial charge < -0.3 is 9.32 Å². The van der Waals surface area contributed by atoms with Gasteiger partial charge >= 0.3 is 0 Å². The monoisotopic (exact) mass is 255 g/mol. The van der Waals surface area contributed by atoms with Crippen LogP contribution in [0.2, 0.25) is 0 Å². The topological polar surface area (TPSA) is 53.1 Å². The van der Waals surface area contributed by atoms with Crippen LogP contribution in [0.1, 0.15) is 30.3 Å². The smallest absolute Gasteiger partial charge is 0.192 e. The Kier molecular flexibility index (Phi) is 2.61. The van der Waals surface area contributed by atoms with Gasteiger partial charge in [0.05, 0.1) is 17.5 Å². The maximum absolute atomic E-state index is 9.44. The van der Waals surface area contributed by atoms with Gasteiger partial charge in [-0.15, -0.1) is 0 Å². The lowest BCUT2D eigenvalue weighted by atomic mass is 9.90. The van der Waals surface area contributed by atoms with Crippen molar-refractivity contribution < 1.29 is 4.42 Å². The summed E-state index contributed by atoms with van der Waals surface area (Å²) in [4.78, 5) is 6.44. The Labute approximate surface area is 112 Å². The van der Waals surface area contributed by atoms with E-state index in [1.807, 2.05) is 33.2 Å². The lowest BCUT2D eigenvalue weighted by Crippen LogP contribution is -2.27. The van der Waals surface area contributed by atoms with Crippen molar-refractivity contribution in [1.29, 1.82) is 5.26 Å². The summed E-state index contributed by atoms with van der Waals surface area (Å²) >= 11 is 0. The molecule has 1 aromatic carbocycles. The molecule has 1 heterocycles. The lowest BCUT2D eigenvalue weighted by molar-refractivity contribution is 0.232. The van der Waals surface area contributed by atoms with Crippen molar-refractivity contribution in [3.63, 3.8) is 0 Å². The fraction of sp³-hybridized carbons (Fsp3) is 0.467. The molecule has 1 saturated carbocycles. The molecule has 19 heavy (non-hydrogen) atoms. The highest BCUT2D eigenvalue weighted by molar-refractivity contribution is 5.73. The van der Waals surface area contributed by atoms with E-state index < -0.39 is 0 Å². The zero-order valence-electron chi connectivity index (χ0n) is 11.5. The summed E-state index contributed by atoms with van der Waals surface area (Å²) in [6, 6.07) is 8.68. The average molecular weight is 255 g/mol. The molecule has 0 aliphatic heterocycles. The molecule has 2 aromatic rings. The first kappa shape index (κ1) is 12.2. The van der Waals surface area contributed by atoms with Crippen LogP contribution >= 0.6 is 0 Å². The van der Waals surface area contributed by atoms with Gasteiger partial charge in [-0.1, -0.05) is 6.07 Å². The molecule has 1 atom stereocenters. The summed E-state index contributed by atoms with van der Waals surface area (Å²) in [6.07, 6.45) is 1.94. The highest BCUT2D eigenvalue weighted by atomic mass is 16.3. The average Bonchev–Trinajstić information content (AvgIpc) is 3.04. The Morgan fingerprint density at radius 1 is 1.42 bits per heavy atom. The first-order chi connectivity index (χ1) is 9.05. The zero-order valence-corrected chi connectivity index (χ0v) is 11.5. The number of hydrogen-bond donors (Lipinski definition) is 0. The second-order valence-electron chi connectivity index (χ2n) is 5.59. The van der Waals surface area contributed by atoms with Crippen LogP contribution in [-0.2, 0) is 0 Å². The second-order valence-corrected chi connectivity index (χ2v) is 5.59. The molecule has 0 saturated heterocycles. The minimum atomic E-state index is -0.230. The third kappa shape index (κ3) is 1.91. The number of oxazole rings is 1. The van der Waals surface area contributed by atoms with Gasteiger partial charge in [0.2, 0.25) is 0 Å². The van der Waals surface area contributed by atoms with E-state index >= 15 is 0 Å². The predicted molar refractivity (Wildman–Crippen MR) is 72.5 cm³/mol. The molecule has 0 N–H and O–H groups in total. The summed E-state index contributed by atoms with van der Waals surface area (Å²) in [7, 11) is 4.05. The number of rotatable bonds is 3. The number of nitrogens with zero attached hydrogens (tertiary/aromatic N) is 3. The van der Waals surface area contributed by atoms with E-state index in [1.165, 1.54) is 0 Å². The van der Waals surface area contributed by atoms with Crippen molar-refractivity contribution in [2.75, 3.05) is 14.1 Å². The third-order valence-electron chi connectivity index (χ3n) is 3.89. The standard InChI is InChI=1S/C15H17N3O/c1-10-17-12-5-4-11(8-13(12)19-10)14(18(2)3)15(9-16)6-7-15/h4-5,8,14H,6-7H2,1-3H3. The van der Waals surface area contributed by atoms with Gasteiger partial charge in [0, 0.05) is 6.92 Å². The normalized spacial score (nSPS) is 18.5. The molecule has 1 fully saturated rings. The van der Waals surface area contributed by atoms with Gasteiger partial charge in [-0.05, 0) is 44.6 Å². The fourth-order valence-electron chi connectivity index (χ4n) is 2.92. The van der Waals surface area contributed by atoms with E-state index in [9.17, 15) is 5.26 Å². The molecule has 1 aromatic heterocycles. The lowest BCUT2D eigenvalue weighted by Gasteiger charge is -2.28. The largest absolute Gasteiger partial charge is 0.441 e. The molecular formula is C15H17N3O. The maximum Gasteiger partial charge on any atom is 0.192 e. The molecular weight excluding hydrogens is 238 g/mol. The summed E-state index contributed by atoms with van der Waals surface area (Å²) in [5.41, 5.74) is 2.58. The van der Waals surface area contributed by atoms with Crippen LogP contribution in [0.4, 0.5) is 0 Å². The SMILES string of the molecule is Cc1nc2ccc(C(N(C)C)C3(C#N)CC3)cc2o1. The minimum absolute atomic E-state index is 0.118. The van der Waals surface area contributed by atoms with E-state index in [0.29, 0.717) is 5.89 Å². The molecule has 1 unspecified atom stereocenters. The predicted octanol–water partition coefficient (Wildman–Crippen LogP) is 3.04. The van der Waals surface area contributed by atoms with E-state index in [1.54, 1.807) is 0 Å². The van der Waals surface area contributed by atoms with Crippen LogP contribution in [0.15, 0.2) is 22.6 Å². The molecule has 0 spiro atoms. The molecule has 4 heteroatoms. The van der Waals surface area contributed by atoms with Crippen LogP contribution in [-0.4, -0.2) is 24.0 Å². The summed E-state index contributed by atoms with van der Waals surface area (Å²) in [5.74, 6) is 0.676. The van der Waals surface area contributed by atoms with Crippen molar-refractivity contribution in [3.05, 3.63) is 29.7 Å². The molecule has 98 valence electrons. The number of aryl methyl sites for hydroxylation is 1. The third-order valence-corrected chi connectivity index (χ3v) is 3.89. The van der Waals surface area contributed by atoms with Crippen LogP contribution in [0, 0.1) is 23.7 Å². The van der Waals surface area contributed by atoms with Crippen molar-refractivity contribution >= 4 is 11.1 Å². The highest BCUT2D eigenvalue weighted by Crippen LogP contribution is 2.56. The Morgan fingerprint density at radius 3 is 2.74 bits per heavy atom.